The van der Waals surface area contributed by atoms with Crippen LogP contribution in [0.3, 0.4) is 0 Å². The maximum Gasteiger partial charge on any atom is 0.137 e. The van der Waals surface area contributed by atoms with E-state index in [9.17, 15) is 0 Å². The molecule has 3 heteroatoms. The number of hydrogen-bond donors (Lipinski definition) is 1. The lowest BCUT2D eigenvalue weighted by molar-refractivity contribution is 0.204. The molecule has 0 unspecified atom stereocenters. The second-order valence-corrected chi connectivity index (χ2v) is 2.97. The van der Waals surface area contributed by atoms with Gasteiger partial charge in [-0.05, 0) is 20.8 Å². The normalized spacial score (nSPS) is 10.3. The Balaban J connectivity index is 2.65. The minimum absolute atomic E-state index is 0.154. The Morgan fingerprint density at radius 3 is 2.75 bits per heavy atom. The van der Waals surface area contributed by atoms with Crippen molar-refractivity contribution < 1.29 is 4.74 Å². The predicted octanol–water partition coefficient (Wildman–Crippen LogP) is 2.11. The smallest absolute Gasteiger partial charge is 0.137 e. The first-order valence-electron chi connectivity index (χ1n) is 3.97. The molecule has 0 fully saturated rings. The number of aryl methyl sites for hydroxylation is 1. The minimum atomic E-state index is 0.154. The highest BCUT2D eigenvalue weighted by molar-refractivity contribution is 5.52. The Bertz CT molecular complexity index is 276. The average molecular weight is 166 g/mol. The Labute approximate surface area is 72.5 Å². The van der Waals surface area contributed by atoms with Gasteiger partial charge < -0.3 is 9.72 Å². The molecule has 0 spiro atoms. The van der Waals surface area contributed by atoms with Crippen LogP contribution in [0.1, 0.15) is 25.4 Å². The first-order chi connectivity index (χ1) is 5.59. The van der Waals surface area contributed by atoms with Crippen LogP contribution >= 0.6 is 0 Å². The van der Waals surface area contributed by atoms with Gasteiger partial charge in [0, 0.05) is 0 Å². The van der Waals surface area contributed by atoms with Crippen molar-refractivity contribution in [2.75, 3.05) is 0 Å². The lowest BCUT2D eigenvalue weighted by Crippen LogP contribution is -2.00. The van der Waals surface area contributed by atoms with E-state index >= 15 is 0 Å². The van der Waals surface area contributed by atoms with Gasteiger partial charge in [0.2, 0.25) is 0 Å². The lowest BCUT2D eigenvalue weighted by atomic mass is 10.4. The summed E-state index contributed by atoms with van der Waals surface area (Å²) in [7, 11) is 0. The van der Waals surface area contributed by atoms with Crippen molar-refractivity contribution in [3.8, 4) is 0 Å². The zero-order chi connectivity index (χ0) is 9.14. The molecular weight excluding hydrogens is 152 g/mol. The van der Waals surface area contributed by atoms with Crippen LogP contribution in [-0.2, 0) is 4.74 Å². The van der Waals surface area contributed by atoms with Crippen LogP contribution in [0.2, 0.25) is 0 Å². The van der Waals surface area contributed by atoms with Crippen LogP contribution in [0, 0.1) is 6.92 Å². The number of ether oxygens (including phenoxy) is 1. The maximum absolute atomic E-state index is 5.38. The fourth-order valence-electron chi connectivity index (χ4n) is 0.911. The van der Waals surface area contributed by atoms with E-state index in [0.29, 0.717) is 5.76 Å². The number of nitrogens with zero attached hydrogens (tertiary/aromatic N) is 1. The Hall–Kier alpha value is -1.25. The highest BCUT2D eigenvalue weighted by Crippen LogP contribution is 2.12. The first-order valence-corrected chi connectivity index (χ1v) is 3.97. The molecule has 1 aromatic heterocycles. The van der Waals surface area contributed by atoms with E-state index in [2.05, 4.69) is 16.5 Å². The molecule has 0 aliphatic carbocycles. The molecule has 0 aliphatic rings. The third-order valence-corrected chi connectivity index (χ3v) is 1.38. The fourth-order valence-corrected chi connectivity index (χ4v) is 0.911. The summed E-state index contributed by atoms with van der Waals surface area (Å²) in [4.78, 5) is 7.09. The lowest BCUT2D eigenvalue weighted by Gasteiger charge is -2.09. The van der Waals surface area contributed by atoms with Crippen LogP contribution in [-0.4, -0.2) is 16.1 Å². The summed E-state index contributed by atoms with van der Waals surface area (Å²) >= 11 is 0. The summed E-state index contributed by atoms with van der Waals surface area (Å²) in [6, 6.07) is 0. The van der Waals surface area contributed by atoms with Crippen molar-refractivity contribution in [2.45, 2.75) is 26.9 Å². The zero-order valence-corrected chi connectivity index (χ0v) is 7.72. The third-order valence-electron chi connectivity index (χ3n) is 1.38. The molecule has 0 bridgehead atoms. The molecule has 0 atom stereocenters. The number of aromatic amines is 1. The summed E-state index contributed by atoms with van der Waals surface area (Å²) in [5, 5.41) is 0. The van der Waals surface area contributed by atoms with E-state index in [1.165, 1.54) is 0 Å². The number of aromatic nitrogens is 2. The highest BCUT2D eigenvalue weighted by Gasteiger charge is 2.04. The second-order valence-electron chi connectivity index (χ2n) is 2.97. The van der Waals surface area contributed by atoms with Gasteiger partial charge >= 0.3 is 0 Å². The number of hydrogen-bond acceptors (Lipinski definition) is 2. The Morgan fingerprint density at radius 1 is 1.67 bits per heavy atom. The average Bonchev–Trinajstić information content (AvgIpc) is 2.34. The molecule has 0 amide bonds. The highest BCUT2D eigenvalue weighted by atomic mass is 16.5. The van der Waals surface area contributed by atoms with Gasteiger partial charge in [0.1, 0.15) is 17.3 Å². The topological polar surface area (TPSA) is 37.9 Å². The second kappa shape index (κ2) is 3.43. The van der Waals surface area contributed by atoms with Crippen LogP contribution < -0.4 is 0 Å². The van der Waals surface area contributed by atoms with Gasteiger partial charge in [-0.3, -0.25) is 0 Å². The molecule has 0 aromatic carbocycles. The summed E-state index contributed by atoms with van der Waals surface area (Å²) in [5.41, 5.74) is 0.848. The monoisotopic (exact) mass is 166 g/mol. The van der Waals surface area contributed by atoms with E-state index in [-0.39, 0.29) is 6.10 Å². The number of imidazole rings is 1. The summed E-state index contributed by atoms with van der Waals surface area (Å²) in [6.07, 6.45) is 1.88. The molecule has 1 heterocycles. The van der Waals surface area contributed by atoms with Crippen molar-refractivity contribution in [2.24, 2.45) is 0 Å². The molecule has 0 saturated heterocycles. The summed E-state index contributed by atoms with van der Waals surface area (Å²) in [5.74, 6) is 1.52. The van der Waals surface area contributed by atoms with Crippen molar-refractivity contribution in [1.29, 1.82) is 0 Å². The van der Waals surface area contributed by atoms with E-state index in [0.717, 1.165) is 11.5 Å². The van der Waals surface area contributed by atoms with E-state index in [1.54, 1.807) is 6.20 Å². The van der Waals surface area contributed by atoms with E-state index < -0.39 is 0 Å². The minimum Gasteiger partial charge on any atom is -0.489 e. The molecule has 66 valence electrons. The molecular formula is C9H14N2O. The van der Waals surface area contributed by atoms with Gasteiger partial charge in [-0.2, -0.15) is 0 Å². The first kappa shape index (κ1) is 8.84. The van der Waals surface area contributed by atoms with Gasteiger partial charge in [0.15, 0.2) is 0 Å². The van der Waals surface area contributed by atoms with E-state index in [4.69, 9.17) is 4.74 Å². The standard InChI is InChI=1S/C9H14N2O/c1-6(2)12-7(3)9-5-10-8(4)11-9/h5-6H,3H2,1-2,4H3,(H,10,11). The Kier molecular flexibility index (Phi) is 2.53. The molecule has 0 saturated carbocycles. The third kappa shape index (κ3) is 2.12. The van der Waals surface area contributed by atoms with Crippen LogP contribution in [0.15, 0.2) is 12.8 Å². The Morgan fingerprint density at radius 2 is 2.33 bits per heavy atom. The molecule has 3 nitrogen and oxygen atoms in total. The SMILES string of the molecule is C=C(OC(C)C)c1cnc(C)[nH]1. The van der Waals surface area contributed by atoms with Crippen molar-refractivity contribution in [1.82, 2.24) is 9.97 Å². The van der Waals surface area contributed by atoms with Gasteiger partial charge in [-0.15, -0.1) is 0 Å². The number of rotatable bonds is 3. The van der Waals surface area contributed by atoms with Crippen molar-refractivity contribution >= 4 is 5.76 Å². The predicted molar refractivity (Wildman–Crippen MR) is 48.6 cm³/mol. The largest absolute Gasteiger partial charge is 0.489 e. The summed E-state index contributed by atoms with van der Waals surface area (Å²) < 4.78 is 5.38. The van der Waals surface area contributed by atoms with Crippen LogP contribution in [0.25, 0.3) is 5.76 Å². The number of H-pyrrole nitrogens is 1. The quantitative estimate of drug-likeness (QED) is 0.698. The summed E-state index contributed by atoms with van der Waals surface area (Å²) in [6.45, 7) is 9.61. The zero-order valence-electron chi connectivity index (χ0n) is 7.72. The van der Waals surface area contributed by atoms with Crippen molar-refractivity contribution in [3.05, 3.63) is 24.3 Å². The van der Waals surface area contributed by atoms with Crippen molar-refractivity contribution in [3.63, 3.8) is 0 Å². The molecule has 1 rings (SSSR count). The molecule has 0 aliphatic heterocycles. The molecule has 1 aromatic rings. The molecule has 0 radical (unpaired) electrons. The van der Waals surface area contributed by atoms with Crippen LogP contribution in [0.5, 0.6) is 0 Å². The van der Waals surface area contributed by atoms with Crippen LogP contribution in [0.4, 0.5) is 0 Å². The van der Waals surface area contributed by atoms with E-state index in [1.807, 2.05) is 20.8 Å². The van der Waals surface area contributed by atoms with Gasteiger partial charge in [-0.25, -0.2) is 4.98 Å². The fraction of sp³-hybridized carbons (Fsp3) is 0.444. The molecule has 12 heavy (non-hydrogen) atoms. The van der Waals surface area contributed by atoms with Gasteiger partial charge in [0.05, 0.1) is 12.3 Å². The molecule has 1 N–H and O–H groups in total. The van der Waals surface area contributed by atoms with Gasteiger partial charge in [-0.1, -0.05) is 6.58 Å². The number of nitrogens with one attached hydrogen (secondary N) is 1. The van der Waals surface area contributed by atoms with Gasteiger partial charge in [0.25, 0.3) is 0 Å². The maximum atomic E-state index is 5.38.